The topological polar surface area (TPSA) is 12.5 Å². The van der Waals surface area contributed by atoms with E-state index in [1.807, 2.05) is 0 Å². The molecule has 1 fully saturated rings. The summed E-state index contributed by atoms with van der Waals surface area (Å²) in [6.45, 7) is 12.3. The number of nitrogens with zero attached hydrogens (tertiary/aromatic N) is 1. The van der Waals surface area contributed by atoms with Crippen molar-refractivity contribution < 1.29 is 4.74 Å². The summed E-state index contributed by atoms with van der Waals surface area (Å²) in [6, 6.07) is 5.10. The zero-order valence-corrected chi connectivity index (χ0v) is 12.6. The predicted molar refractivity (Wildman–Crippen MR) is 79.0 cm³/mol. The van der Waals surface area contributed by atoms with Gasteiger partial charge in [0, 0.05) is 24.1 Å². The zero-order chi connectivity index (χ0) is 13.6. The van der Waals surface area contributed by atoms with E-state index in [2.05, 4.69) is 44.7 Å². The van der Waals surface area contributed by atoms with Crippen LogP contribution in [0.2, 0.25) is 0 Å². The number of ether oxygens (including phenoxy) is 1. The minimum atomic E-state index is 0.654. The normalized spacial score (nSPS) is 26.8. The van der Waals surface area contributed by atoms with E-state index in [1.54, 1.807) is 0 Å². The van der Waals surface area contributed by atoms with E-state index in [4.69, 9.17) is 4.74 Å². The van der Waals surface area contributed by atoms with Gasteiger partial charge in [0.05, 0.1) is 6.61 Å². The molecule has 2 atom stereocenters. The van der Waals surface area contributed by atoms with Crippen molar-refractivity contribution in [2.75, 3.05) is 19.7 Å². The molecule has 2 nitrogen and oxygen atoms in total. The lowest BCUT2D eigenvalue weighted by atomic mass is 9.76. The van der Waals surface area contributed by atoms with E-state index in [9.17, 15) is 0 Å². The SMILES string of the molecule is Cc1ccc(C)c2c1OCC1CN(C(C)C)CCC21. The smallest absolute Gasteiger partial charge is 0.125 e. The van der Waals surface area contributed by atoms with Crippen molar-refractivity contribution in [1.29, 1.82) is 0 Å². The van der Waals surface area contributed by atoms with Gasteiger partial charge in [-0.1, -0.05) is 12.1 Å². The third-order valence-corrected chi connectivity index (χ3v) is 4.92. The van der Waals surface area contributed by atoms with Gasteiger partial charge in [0.1, 0.15) is 5.75 Å². The van der Waals surface area contributed by atoms with Crippen LogP contribution in [-0.2, 0) is 0 Å². The second kappa shape index (κ2) is 4.82. The molecule has 2 heterocycles. The van der Waals surface area contributed by atoms with Gasteiger partial charge >= 0.3 is 0 Å². The molecule has 1 saturated heterocycles. The van der Waals surface area contributed by atoms with Crippen molar-refractivity contribution in [3.8, 4) is 5.75 Å². The number of fused-ring (bicyclic) bond motifs is 3. The highest BCUT2D eigenvalue weighted by Crippen LogP contribution is 2.45. The molecule has 0 aliphatic carbocycles. The molecule has 1 aromatic rings. The van der Waals surface area contributed by atoms with Crippen molar-refractivity contribution in [2.24, 2.45) is 5.92 Å². The van der Waals surface area contributed by atoms with Crippen molar-refractivity contribution in [3.05, 3.63) is 28.8 Å². The van der Waals surface area contributed by atoms with Gasteiger partial charge in [-0.3, -0.25) is 0 Å². The Bertz CT molecular complexity index is 480. The van der Waals surface area contributed by atoms with Gasteiger partial charge in [-0.15, -0.1) is 0 Å². The highest BCUT2D eigenvalue weighted by atomic mass is 16.5. The molecule has 3 rings (SSSR count). The summed E-state index contributed by atoms with van der Waals surface area (Å²) >= 11 is 0. The Labute approximate surface area is 116 Å². The van der Waals surface area contributed by atoms with Gasteiger partial charge in [0.15, 0.2) is 0 Å². The van der Waals surface area contributed by atoms with E-state index in [1.165, 1.54) is 42.0 Å². The second-order valence-electron chi connectivity index (χ2n) is 6.50. The number of likely N-dealkylation sites (tertiary alicyclic amines) is 1. The van der Waals surface area contributed by atoms with Crippen molar-refractivity contribution in [3.63, 3.8) is 0 Å². The highest BCUT2D eigenvalue weighted by molar-refractivity contribution is 5.49. The molecule has 2 aliphatic heterocycles. The number of hydrogen-bond donors (Lipinski definition) is 0. The van der Waals surface area contributed by atoms with Crippen molar-refractivity contribution in [1.82, 2.24) is 4.90 Å². The van der Waals surface area contributed by atoms with E-state index < -0.39 is 0 Å². The molecule has 2 heteroatoms. The largest absolute Gasteiger partial charge is 0.493 e. The van der Waals surface area contributed by atoms with Gasteiger partial charge in [-0.05, 0) is 57.7 Å². The van der Waals surface area contributed by atoms with Crippen LogP contribution >= 0.6 is 0 Å². The first kappa shape index (κ1) is 13.0. The Morgan fingerprint density at radius 2 is 1.95 bits per heavy atom. The van der Waals surface area contributed by atoms with Crippen molar-refractivity contribution >= 4 is 0 Å². The molecule has 2 aliphatic rings. The number of aryl methyl sites for hydroxylation is 2. The fraction of sp³-hybridized carbons (Fsp3) is 0.647. The standard InChI is InChI=1S/C17H25NO/c1-11(2)18-8-7-15-14(9-18)10-19-17-13(4)6-5-12(3)16(15)17/h5-6,11,14-15H,7-10H2,1-4H3. The average Bonchev–Trinajstić information content (AvgIpc) is 2.41. The molecule has 0 saturated carbocycles. The molecule has 0 bridgehead atoms. The Morgan fingerprint density at radius 1 is 1.21 bits per heavy atom. The summed E-state index contributed by atoms with van der Waals surface area (Å²) < 4.78 is 6.11. The van der Waals surface area contributed by atoms with Crippen LogP contribution in [0.5, 0.6) is 5.75 Å². The van der Waals surface area contributed by atoms with E-state index in [0.717, 1.165) is 6.61 Å². The lowest BCUT2D eigenvalue weighted by molar-refractivity contribution is 0.0744. The third-order valence-electron chi connectivity index (χ3n) is 4.92. The second-order valence-corrected chi connectivity index (χ2v) is 6.50. The zero-order valence-electron chi connectivity index (χ0n) is 12.6. The van der Waals surface area contributed by atoms with Crippen LogP contribution in [0.1, 0.15) is 42.9 Å². The summed E-state index contributed by atoms with van der Waals surface area (Å²) in [7, 11) is 0. The third kappa shape index (κ3) is 2.16. The first-order chi connectivity index (χ1) is 9.08. The van der Waals surface area contributed by atoms with Gasteiger partial charge < -0.3 is 9.64 Å². The Morgan fingerprint density at radius 3 is 2.68 bits per heavy atom. The number of benzene rings is 1. The molecule has 104 valence electrons. The summed E-state index contributed by atoms with van der Waals surface area (Å²) in [6.07, 6.45) is 1.28. The predicted octanol–water partition coefficient (Wildman–Crippen LogP) is 3.51. The van der Waals surface area contributed by atoms with E-state index >= 15 is 0 Å². The van der Waals surface area contributed by atoms with Crippen LogP contribution in [0.3, 0.4) is 0 Å². The Hall–Kier alpha value is -1.02. The van der Waals surface area contributed by atoms with Crippen LogP contribution in [0.25, 0.3) is 0 Å². The fourth-order valence-electron chi connectivity index (χ4n) is 3.73. The molecular formula is C17H25NO. The van der Waals surface area contributed by atoms with Crippen LogP contribution in [-0.4, -0.2) is 30.6 Å². The minimum Gasteiger partial charge on any atom is -0.493 e. The van der Waals surface area contributed by atoms with Crippen LogP contribution in [0, 0.1) is 19.8 Å². The summed E-state index contributed by atoms with van der Waals surface area (Å²) in [5.41, 5.74) is 4.21. The molecule has 0 amide bonds. The van der Waals surface area contributed by atoms with Crippen LogP contribution < -0.4 is 4.74 Å². The van der Waals surface area contributed by atoms with Crippen LogP contribution in [0.15, 0.2) is 12.1 Å². The average molecular weight is 259 g/mol. The first-order valence-corrected chi connectivity index (χ1v) is 7.55. The fourth-order valence-corrected chi connectivity index (χ4v) is 3.73. The monoisotopic (exact) mass is 259 g/mol. The van der Waals surface area contributed by atoms with Gasteiger partial charge in [-0.2, -0.15) is 0 Å². The van der Waals surface area contributed by atoms with E-state index in [0.29, 0.717) is 17.9 Å². The molecular weight excluding hydrogens is 234 g/mol. The highest BCUT2D eigenvalue weighted by Gasteiger charge is 2.37. The summed E-state index contributed by atoms with van der Waals surface area (Å²) in [5, 5.41) is 0. The Balaban J connectivity index is 1.93. The molecule has 0 radical (unpaired) electrons. The molecule has 0 spiro atoms. The Kier molecular flexibility index (Phi) is 3.30. The maximum absolute atomic E-state index is 6.11. The van der Waals surface area contributed by atoms with Crippen LogP contribution in [0.4, 0.5) is 0 Å². The number of hydrogen-bond acceptors (Lipinski definition) is 2. The van der Waals surface area contributed by atoms with Crippen molar-refractivity contribution in [2.45, 2.75) is 46.1 Å². The molecule has 1 aromatic carbocycles. The summed E-state index contributed by atoms with van der Waals surface area (Å²) in [5.74, 6) is 2.56. The molecule has 19 heavy (non-hydrogen) atoms. The van der Waals surface area contributed by atoms with Gasteiger partial charge in [0.2, 0.25) is 0 Å². The first-order valence-electron chi connectivity index (χ1n) is 7.55. The number of rotatable bonds is 1. The van der Waals surface area contributed by atoms with Gasteiger partial charge in [-0.25, -0.2) is 0 Å². The molecule has 0 aromatic heterocycles. The number of piperidine rings is 1. The van der Waals surface area contributed by atoms with E-state index in [-0.39, 0.29) is 0 Å². The minimum absolute atomic E-state index is 0.654. The summed E-state index contributed by atoms with van der Waals surface area (Å²) in [4.78, 5) is 2.60. The lowest BCUT2D eigenvalue weighted by Crippen LogP contribution is -2.46. The molecule has 0 N–H and O–H groups in total. The lowest BCUT2D eigenvalue weighted by Gasteiger charge is -2.44. The maximum Gasteiger partial charge on any atom is 0.125 e. The maximum atomic E-state index is 6.11. The quantitative estimate of drug-likeness (QED) is 0.765. The van der Waals surface area contributed by atoms with Gasteiger partial charge in [0.25, 0.3) is 0 Å². The molecule has 2 unspecified atom stereocenters.